The topological polar surface area (TPSA) is 96.1 Å². The van der Waals surface area contributed by atoms with E-state index in [0.717, 1.165) is 15.7 Å². The molecule has 9 nitrogen and oxygen atoms in total. The molecule has 0 N–H and O–H groups in total. The van der Waals surface area contributed by atoms with Crippen LogP contribution in [0.4, 0.5) is 4.39 Å². The van der Waals surface area contributed by atoms with Crippen molar-refractivity contribution in [3.05, 3.63) is 85.4 Å². The Morgan fingerprint density at radius 2 is 1.85 bits per heavy atom. The van der Waals surface area contributed by atoms with E-state index in [2.05, 4.69) is 15.0 Å². The zero-order chi connectivity index (χ0) is 29.2. The van der Waals surface area contributed by atoms with Crippen LogP contribution in [-0.2, 0) is 29.7 Å². The number of benzene rings is 1. The van der Waals surface area contributed by atoms with Crippen molar-refractivity contribution < 1.29 is 9.18 Å². The average molecular weight is 565 g/mol. The number of nitrogens with zero attached hydrogens (tertiary/aromatic N) is 6. The van der Waals surface area contributed by atoms with Crippen molar-refractivity contribution in [2.45, 2.75) is 72.4 Å². The van der Waals surface area contributed by atoms with Gasteiger partial charge in [0.2, 0.25) is 6.54 Å². The summed E-state index contributed by atoms with van der Waals surface area (Å²) in [5.74, 6) is -0.532. The Labute approximate surface area is 235 Å². The minimum absolute atomic E-state index is 0.0584. The highest BCUT2D eigenvalue weighted by Gasteiger charge is 2.35. The number of aromatic nitrogens is 5. The number of aryl methyl sites for hydroxylation is 4. The summed E-state index contributed by atoms with van der Waals surface area (Å²) in [6.07, 6.45) is 4.87. The third-order valence-electron chi connectivity index (χ3n) is 7.11. The van der Waals surface area contributed by atoms with Crippen molar-refractivity contribution in [2.24, 2.45) is 5.92 Å². The first-order valence-corrected chi connectivity index (χ1v) is 14.1. The lowest BCUT2D eigenvalue weighted by Crippen LogP contribution is -2.52. The molecule has 0 atom stereocenters. The number of rotatable bonds is 11. The van der Waals surface area contributed by atoms with Crippen LogP contribution in [0.5, 0.6) is 0 Å². The summed E-state index contributed by atoms with van der Waals surface area (Å²) in [7, 11) is 0. The molecule has 0 aliphatic heterocycles. The minimum Gasteiger partial charge on any atom is -0.317 e. The highest BCUT2D eigenvalue weighted by molar-refractivity contribution is 7.21. The zero-order valence-corrected chi connectivity index (χ0v) is 24.2. The summed E-state index contributed by atoms with van der Waals surface area (Å²) < 4.78 is 16.8. The first-order valence-electron chi connectivity index (χ1n) is 13.3. The largest absolute Gasteiger partial charge is 0.332 e. The Balaban J connectivity index is 1.90. The number of halogens is 1. The van der Waals surface area contributed by atoms with Crippen LogP contribution in [0.3, 0.4) is 0 Å². The van der Waals surface area contributed by atoms with E-state index in [1.54, 1.807) is 26.8 Å². The van der Waals surface area contributed by atoms with Crippen LogP contribution in [0, 0.1) is 25.2 Å². The van der Waals surface area contributed by atoms with Gasteiger partial charge in [-0.05, 0) is 62.8 Å². The predicted octanol–water partition coefficient (Wildman–Crippen LogP) is 4.70. The second-order valence-corrected chi connectivity index (χ2v) is 11.8. The minimum atomic E-state index is -1.38. The lowest BCUT2D eigenvalue weighted by molar-refractivity contribution is -0.127. The normalized spacial score (nSPS) is 11.8. The summed E-state index contributed by atoms with van der Waals surface area (Å²) in [6, 6.07) is 4.58. The summed E-state index contributed by atoms with van der Waals surface area (Å²) >= 11 is 1.23. The van der Waals surface area contributed by atoms with Gasteiger partial charge in [0.05, 0.1) is 17.8 Å². The Bertz CT molecular complexity index is 1710. The molecule has 0 aliphatic carbocycles. The van der Waals surface area contributed by atoms with Crippen molar-refractivity contribution in [1.29, 1.82) is 0 Å². The molecule has 0 radical (unpaired) electrons. The molecule has 3 heterocycles. The molecule has 0 unspecified atom stereocenters. The first-order chi connectivity index (χ1) is 19.0. The number of hydrogen-bond donors (Lipinski definition) is 0. The van der Waals surface area contributed by atoms with E-state index in [0.29, 0.717) is 46.6 Å². The molecule has 0 bridgehead atoms. The van der Waals surface area contributed by atoms with Gasteiger partial charge >= 0.3 is 5.69 Å². The molecule has 0 aliphatic rings. The van der Waals surface area contributed by atoms with E-state index in [-0.39, 0.29) is 30.5 Å². The maximum Gasteiger partial charge on any atom is 0.332 e. The van der Waals surface area contributed by atoms with Gasteiger partial charge in [0, 0.05) is 24.9 Å². The fraction of sp³-hybridized carbons (Fsp3) is 0.448. The summed E-state index contributed by atoms with van der Waals surface area (Å²) in [5.41, 5.74) is -0.236. The molecule has 3 aromatic heterocycles. The summed E-state index contributed by atoms with van der Waals surface area (Å²) in [5, 5.41) is 9.35. The third-order valence-corrected chi connectivity index (χ3v) is 8.39. The maximum absolute atomic E-state index is 14.3. The van der Waals surface area contributed by atoms with Gasteiger partial charge in [-0.1, -0.05) is 31.3 Å². The monoisotopic (exact) mass is 564 g/mol. The number of carbonyl (C=O) groups excluding carboxylic acids is 1. The van der Waals surface area contributed by atoms with Crippen LogP contribution in [0.1, 0.15) is 57.2 Å². The molecule has 0 amide bonds. The third kappa shape index (κ3) is 5.54. The van der Waals surface area contributed by atoms with Gasteiger partial charge in [-0.3, -0.25) is 14.2 Å². The molecule has 210 valence electrons. The van der Waals surface area contributed by atoms with Crippen LogP contribution in [-0.4, -0.2) is 36.5 Å². The van der Waals surface area contributed by atoms with Gasteiger partial charge in [0.25, 0.3) is 5.56 Å². The molecule has 0 saturated carbocycles. The number of thiophene rings is 1. The molecule has 40 heavy (non-hydrogen) atoms. The van der Waals surface area contributed by atoms with Crippen molar-refractivity contribution in [3.8, 4) is 5.00 Å². The fourth-order valence-corrected chi connectivity index (χ4v) is 6.17. The highest BCUT2D eigenvalue weighted by atomic mass is 32.1. The molecule has 0 spiro atoms. The molecule has 4 aromatic rings. The van der Waals surface area contributed by atoms with Crippen LogP contribution in [0.2, 0.25) is 0 Å². The van der Waals surface area contributed by atoms with E-state index < -0.39 is 16.8 Å². The number of fused-ring (bicyclic) bond motifs is 1. The molecular formula is C29H33FN6O3S. The first kappa shape index (κ1) is 29.1. The predicted molar refractivity (Wildman–Crippen MR) is 154 cm³/mol. The van der Waals surface area contributed by atoms with Gasteiger partial charge < -0.3 is 4.85 Å². The van der Waals surface area contributed by atoms with Crippen LogP contribution in [0.15, 0.2) is 40.2 Å². The Hall–Kier alpha value is -3.91. The molecule has 11 heteroatoms. The number of carbonyl (C=O) groups is 1. The Kier molecular flexibility index (Phi) is 8.49. The van der Waals surface area contributed by atoms with Gasteiger partial charge in [-0.2, -0.15) is 10.2 Å². The van der Waals surface area contributed by atoms with Gasteiger partial charge in [0.15, 0.2) is 5.78 Å². The van der Waals surface area contributed by atoms with Crippen molar-refractivity contribution in [3.63, 3.8) is 0 Å². The second-order valence-electron chi connectivity index (χ2n) is 10.8. The number of ketones is 1. The summed E-state index contributed by atoms with van der Waals surface area (Å²) in [6.45, 7) is 16.4. The molecule has 1 aromatic carbocycles. The maximum atomic E-state index is 14.3. The number of Topliss-reactive ketones (excluding diaryl/α,β-unsaturated/α-hetero) is 1. The van der Waals surface area contributed by atoms with Crippen molar-refractivity contribution in [1.82, 2.24) is 24.1 Å². The lowest BCUT2D eigenvalue weighted by Gasteiger charge is -2.27. The molecule has 0 saturated heterocycles. The van der Waals surface area contributed by atoms with E-state index in [9.17, 15) is 18.8 Å². The van der Waals surface area contributed by atoms with E-state index >= 15 is 0 Å². The Morgan fingerprint density at radius 1 is 1.15 bits per heavy atom. The van der Waals surface area contributed by atoms with E-state index in [4.69, 9.17) is 6.57 Å². The van der Waals surface area contributed by atoms with Gasteiger partial charge in [-0.15, -0.1) is 4.80 Å². The quantitative estimate of drug-likeness (QED) is 0.194. The number of hydrogen-bond acceptors (Lipinski definition) is 6. The van der Waals surface area contributed by atoms with Gasteiger partial charge in [-0.25, -0.2) is 20.3 Å². The lowest BCUT2D eigenvalue weighted by atomic mass is 9.91. The Morgan fingerprint density at radius 3 is 2.50 bits per heavy atom. The summed E-state index contributed by atoms with van der Waals surface area (Å²) in [4.78, 5) is 46.6. The molecule has 4 rings (SSSR count). The second kappa shape index (κ2) is 11.7. The van der Waals surface area contributed by atoms with Crippen molar-refractivity contribution >= 4 is 27.3 Å². The highest BCUT2D eigenvalue weighted by Crippen LogP contribution is 2.31. The SMILES string of the molecule is [C-]#[N+]CCCc1ccc(F)cc1CCn1c(=O)n(C(C)(C)C(=O)CC(C)C)c(=O)c2c(C)c(-n3nccn3)sc21. The molecular weight excluding hydrogens is 531 g/mol. The van der Waals surface area contributed by atoms with Crippen LogP contribution < -0.4 is 11.2 Å². The molecule has 0 fully saturated rings. The van der Waals surface area contributed by atoms with Crippen molar-refractivity contribution in [2.75, 3.05) is 6.54 Å². The zero-order valence-electron chi connectivity index (χ0n) is 23.4. The van der Waals surface area contributed by atoms with Crippen LogP contribution >= 0.6 is 11.3 Å². The smallest absolute Gasteiger partial charge is 0.317 e. The van der Waals surface area contributed by atoms with E-state index in [1.165, 1.54) is 45.2 Å². The van der Waals surface area contributed by atoms with Gasteiger partial charge in [0.1, 0.15) is 21.2 Å². The van der Waals surface area contributed by atoms with Crippen LogP contribution in [0.25, 0.3) is 20.1 Å². The van der Waals surface area contributed by atoms with E-state index in [1.807, 2.05) is 13.8 Å². The average Bonchev–Trinajstić information content (AvgIpc) is 3.53. The fourth-order valence-electron chi connectivity index (χ4n) is 4.93. The standard InChI is InChI=1S/C29H33FN6O3S/c1-18(2)16-23(37)29(4,5)35-25(38)24-19(3)26(36-32-13-14-33-36)40-27(24)34(28(35)39)15-11-21-17-22(30)10-9-20(21)8-7-12-31-6/h9-10,13-14,17-18H,7-8,11-12,15-16H2,1-5H3.